The lowest BCUT2D eigenvalue weighted by molar-refractivity contribution is -0.113. The number of thioether (sulfide) groups is 1. The molecule has 1 amide bonds. The second kappa shape index (κ2) is 8.81. The molecule has 0 fully saturated rings. The number of carbonyl (C=O) groups excluding carboxylic acids is 1. The fourth-order valence-electron chi connectivity index (χ4n) is 2.99. The van der Waals surface area contributed by atoms with Crippen molar-refractivity contribution in [3.8, 4) is 11.1 Å². The zero-order chi connectivity index (χ0) is 20.4. The van der Waals surface area contributed by atoms with E-state index in [0.717, 1.165) is 41.2 Å². The summed E-state index contributed by atoms with van der Waals surface area (Å²) in [4.78, 5) is 22.3. The average molecular weight is 531 g/mol. The molecule has 0 saturated carbocycles. The molecule has 1 N–H and O–H groups in total. The monoisotopic (exact) mass is 531 g/mol. The van der Waals surface area contributed by atoms with E-state index in [2.05, 4.69) is 80.5 Å². The maximum atomic E-state index is 12.5. The van der Waals surface area contributed by atoms with Crippen LogP contribution < -0.4 is 5.32 Å². The van der Waals surface area contributed by atoms with Gasteiger partial charge in [-0.3, -0.25) is 4.79 Å². The van der Waals surface area contributed by atoms with Gasteiger partial charge in [0.1, 0.15) is 16.2 Å². The van der Waals surface area contributed by atoms with E-state index in [9.17, 15) is 4.79 Å². The van der Waals surface area contributed by atoms with Crippen LogP contribution in [0.25, 0.3) is 21.3 Å². The lowest BCUT2D eigenvalue weighted by Crippen LogP contribution is -2.15. The van der Waals surface area contributed by atoms with Crippen LogP contribution in [0.2, 0.25) is 0 Å². The van der Waals surface area contributed by atoms with Gasteiger partial charge in [-0.25, -0.2) is 9.97 Å². The number of benzene rings is 2. The summed E-state index contributed by atoms with van der Waals surface area (Å²) in [7, 11) is 0. The molecule has 2 aromatic heterocycles. The number of nitrogens with zero attached hydrogens (tertiary/aromatic N) is 2. The highest BCUT2D eigenvalue weighted by Crippen LogP contribution is 2.37. The standard InChI is InChI=1S/C22H18IN3OS2/c1-13-3-5-15(6-4-13)17-10-28-21-20(17)22(25-12-24-21)29-11-19(27)26-18-8-7-16(23)9-14(18)2/h3-10,12H,11H2,1-2H3,(H,26,27). The van der Waals surface area contributed by atoms with Crippen molar-refractivity contribution in [2.75, 3.05) is 11.1 Å². The Kier molecular flexibility index (Phi) is 6.17. The molecular weight excluding hydrogens is 513 g/mol. The number of nitrogens with one attached hydrogen (secondary N) is 1. The summed E-state index contributed by atoms with van der Waals surface area (Å²) < 4.78 is 1.15. The van der Waals surface area contributed by atoms with Crippen LogP contribution in [0.3, 0.4) is 0 Å². The third kappa shape index (κ3) is 4.62. The van der Waals surface area contributed by atoms with Gasteiger partial charge in [-0.05, 0) is 65.8 Å². The van der Waals surface area contributed by atoms with Crippen molar-refractivity contribution in [2.45, 2.75) is 18.9 Å². The molecule has 0 spiro atoms. The highest BCUT2D eigenvalue weighted by Gasteiger charge is 2.15. The Bertz CT molecular complexity index is 1190. The van der Waals surface area contributed by atoms with Gasteiger partial charge >= 0.3 is 0 Å². The van der Waals surface area contributed by atoms with Gasteiger partial charge in [-0.1, -0.05) is 41.6 Å². The van der Waals surface area contributed by atoms with Crippen LogP contribution in [-0.2, 0) is 4.79 Å². The van der Waals surface area contributed by atoms with Gasteiger partial charge in [-0.2, -0.15) is 0 Å². The summed E-state index contributed by atoms with van der Waals surface area (Å²) in [5, 5.41) is 6.97. The molecule has 4 rings (SSSR count). The van der Waals surface area contributed by atoms with Crippen molar-refractivity contribution < 1.29 is 4.79 Å². The van der Waals surface area contributed by atoms with Crippen LogP contribution in [0, 0.1) is 17.4 Å². The Labute approximate surface area is 191 Å². The number of aromatic nitrogens is 2. The van der Waals surface area contributed by atoms with Crippen LogP contribution in [0.4, 0.5) is 5.69 Å². The minimum Gasteiger partial charge on any atom is -0.325 e. The quantitative estimate of drug-likeness (QED) is 0.186. The van der Waals surface area contributed by atoms with Crippen molar-refractivity contribution in [2.24, 2.45) is 0 Å². The first-order valence-corrected chi connectivity index (χ1v) is 11.9. The van der Waals surface area contributed by atoms with Gasteiger partial charge in [0.15, 0.2) is 0 Å². The number of carbonyl (C=O) groups is 1. The molecule has 2 heterocycles. The second-order valence-corrected chi connectivity index (χ2v) is 9.74. The van der Waals surface area contributed by atoms with E-state index in [1.54, 1.807) is 17.7 Å². The summed E-state index contributed by atoms with van der Waals surface area (Å²) >= 11 is 5.31. The largest absolute Gasteiger partial charge is 0.325 e. The Hall–Kier alpha value is -1.97. The zero-order valence-corrected chi connectivity index (χ0v) is 19.7. The van der Waals surface area contributed by atoms with Crippen LogP contribution in [0.15, 0.2) is 59.2 Å². The average Bonchev–Trinajstić information content (AvgIpc) is 3.14. The van der Waals surface area contributed by atoms with E-state index >= 15 is 0 Å². The Morgan fingerprint density at radius 2 is 1.93 bits per heavy atom. The number of hydrogen-bond acceptors (Lipinski definition) is 5. The molecule has 4 aromatic rings. The van der Waals surface area contributed by atoms with Crippen LogP contribution in [0.5, 0.6) is 0 Å². The lowest BCUT2D eigenvalue weighted by Gasteiger charge is -2.09. The van der Waals surface area contributed by atoms with Gasteiger partial charge < -0.3 is 5.32 Å². The smallest absolute Gasteiger partial charge is 0.234 e. The normalized spacial score (nSPS) is 11.0. The highest BCUT2D eigenvalue weighted by molar-refractivity contribution is 14.1. The second-order valence-electron chi connectivity index (χ2n) is 6.67. The van der Waals surface area contributed by atoms with E-state index in [1.807, 2.05) is 19.1 Å². The molecule has 146 valence electrons. The molecule has 0 saturated heterocycles. The Morgan fingerprint density at radius 1 is 1.14 bits per heavy atom. The number of aryl methyl sites for hydroxylation is 2. The topological polar surface area (TPSA) is 54.9 Å². The minimum atomic E-state index is -0.0433. The summed E-state index contributed by atoms with van der Waals surface area (Å²) in [5.74, 6) is 0.249. The third-order valence-corrected chi connectivity index (χ3v) is 7.05. The van der Waals surface area contributed by atoms with Crippen LogP contribution in [-0.4, -0.2) is 21.6 Å². The first kappa shape index (κ1) is 20.3. The maximum Gasteiger partial charge on any atom is 0.234 e. The van der Waals surface area contributed by atoms with Gasteiger partial charge in [0.25, 0.3) is 0 Å². The molecule has 29 heavy (non-hydrogen) atoms. The number of hydrogen-bond donors (Lipinski definition) is 1. The molecule has 2 aromatic carbocycles. The molecule has 0 aliphatic carbocycles. The molecule has 0 aliphatic heterocycles. The molecule has 0 atom stereocenters. The number of fused-ring (bicyclic) bond motifs is 1. The van der Waals surface area contributed by atoms with Crippen molar-refractivity contribution >= 4 is 67.5 Å². The predicted molar refractivity (Wildman–Crippen MR) is 131 cm³/mol. The summed E-state index contributed by atoms with van der Waals surface area (Å²) in [5.41, 5.74) is 5.38. The summed E-state index contributed by atoms with van der Waals surface area (Å²) in [6.45, 7) is 4.08. The summed E-state index contributed by atoms with van der Waals surface area (Å²) in [6.07, 6.45) is 1.57. The van der Waals surface area contributed by atoms with E-state index in [1.165, 1.54) is 17.3 Å². The van der Waals surface area contributed by atoms with Crippen LogP contribution >= 0.6 is 45.7 Å². The Balaban J connectivity index is 1.55. The van der Waals surface area contributed by atoms with Gasteiger partial charge in [0.2, 0.25) is 5.91 Å². The molecular formula is C22H18IN3OS2. The first-order chi connectivity index (χ1) is 14.0. The Morgan fingerprint density at radius 3 is 2.69 bits per heavy atom. The van der Waals surface area contributed by atoms with E-state index < -0.39 is 0 Å². The zero-order valence-electron chi connectivity index (χ0n) is 15.9. The summed E-state index contributed by atoms with van der Waals surface area (Å²) in [6, 6.07) is 14.4. The number of rotatable bonds is 5. The van der Waals surface area contributed by atoms with E-state index in [4.69, 9.17) is 0 Å². The first-order valence-electron chi connectivity index (χ1n) is 8.99. The molecule has 4 nitrogen and oxygen atoms in total. The van der Waals surface area contributed by atoms with Crippen molar-refractivity contribution in [3.05, 3.63) is 68.9 Å². The SMILES string of the molecule is Cc1ccc(-c2csc3ncnc(SCC(=O)Nc4ccc(I)cc4C)c23)cc1. The van der Waals surface area contributed by atoms with Gasteiger partial charge in [0.05, 0.1) is 11.1 Å². The van der Waals surface area contributed by atoms with E-state index in [-0.39, 0.29) is 5.91 Å². The van der Waals surface area contributed by atoms with Crippen molar-refractivity contribution in [3.63, 3.8) is 0 Å². The highest BCUT2D eigenvalue weighted by atomic mass is 127. The lowest BCUT2D eigenvalue weighted by atomic mass is 10.1. The number of thiophene rings is 1. The van der Waals surface area contributed by atoms with Gasteiger partial charge in [0, 0.05) is 20.2 Å². The third-order valence-electron chi connectivity index (χ3n) is 4.50. The van der Waals surface area contributed by atoms with Crippen molar-refractivity contribution in [1.29, 1.82) is 0 Å². The number of amides is 1. The molecule has 0 radical (unpaired) electrons. The predicted octanol–water partition coefficient (Wildman–Crippen LogP) is 6.31. The minimum absolute atomic E-state index is 0.0433. The number of halogens is 1. The fraction of sp³-hybridized carbons (Fsp3) is 0.136. The number of anilines is 1. The van der Waals surface area contributed by atoms with Crippen molar-refractivity contribution in [1.82, 2.24) is 9.97 Å². The van der Waals surface area contributed by atoms with Gasteiger partial charge in [-0.15, -0.1) is 11.3 Å². The molecule has 0 unspecified atom stereocenters. The molecule has 7 heteroatoms. The molecule has 0 bridgehead atoms. The van der Waals surface area contributed by atoms with Crippen LogP contribution in [0.1, 0.15) is 11.1 Å². The van der Waals surface area contributed by atoms with E-state index in [0.29, 0.717) is 5.75 Å². The maximum absolute atomic E-state index is 12.5. The molecule has 0 aliphatic rings. The fourth-order valence-corrected chi connectivity index (χ4v) is 5.43.